The minimum atomic E-state index is 0.329. The topological polar surface area (TPSA) is 69.7 Å². The maximum Gasteiger partial charge on any atom is 0.168 e. The lowest BCUT2D eigenvalue weighted by molar-refractivity contribution is 0.196. The number of hydrogen-bond acceptors (Lipinski definition) is 6. The molecule has 0 saturated carbocycles. The van der Waals surface area contributed by atoms with E-state index in [1.54, 1.807) is 14.2 Å². The second kappa shape index (κ2) is 8.63. The van der Waals surface area contributed by atoms with Crippen molar-refractivity contribution >= 4 is 5.65 Å². The Kier molecular flexibility index (Phi) is 5.53. The van der Waals surface area contributed by atoms with Crippen molar-refractivity contribution in [1.29, 1.82) is 0 Å². The first-order valence-corrected chi connectivity index (χ1v) is 10.9. The van der Waals surface area contributed by atoms with Crippen molar-refractivity contribution in [2.45, 2.75) is 25.3 Å². The first-order chi connectivity index (χ1) is 15.6. The Hall–Kier alpha value is -3.39. The van der Waals surface area contributed by atoms with Gasteiger partial charge >= 0.3 is 0 Å². The molecule has 4 heterocycles. The zero-order valence-corrected chi connectivity index (χ0v) is 18.7. The summed E-state index contributed by atoms with van der Waals surface area (Å²) in [7, 11) is 5.27. The maximum absolute atomic E-state index is 5.61. The molecule has 1 aliphatic rings. The number of aryl methyl sites for hydroxylation is 1. The van der Waals surface area contributed by atoms with Crippen molar-refractivity contribution in [3.63, 3.8) is 0 Å². The van der Waals surface area contributed by atoms with Gasteiger partial charge in [0.2, 0.25) is 0 Å². The van der Waals surface area contributed by atoms with Gasteiger partial charge in [0.15, 0.2) is 23.0 Å². The van der Waals surface area contributed by atoms with Crippen LogP contribution in [0.1, 0.15) is 30.1 Å². The van der Waals surface area contributed by atoms with Gasteiger partial charge in [0, 0.05) is 55.1 Å². The molecule has 3 aromatic heterocycles. The zero-order valence-electron chi connectivity index (χ0n) is 18.7. The van der Waals surface area contributed by atoms with Gasteiger partial charge in [-0.2, -0.15) is 10.2 Å². The summed E-state index contributed by atoms with van der Waals surface area (Å²) in [5, 5.41) is 9.15. The highest BCUT2D eigenvalue weighted by molar-refractivity contribution is 5.74. The fourth-order valence-electron chi connectivity index (χ4n) is 4.57. The van der Waals surface area contributed by atoms with Crippen LogP contribution in [-0.2, 0) is 13.6 Å². The largest absolute Gasteiger partial charge is 0.493 e. The predicted molar refractivity (Wildman–Crippen MR) is 122 cm³/mol. The Morgan fingerprint density at radius 3 is 2.78 bits per heavy atom. The third-order valence-corrected chi connectivity index (χ3v) is 6.10. The number of hydrogen-bond donors (Lipinski definition) is 0. The number of para-hydroxylation sites is 1. The standard InChI is InChI=1S/C24H28N6O2/c1-28-13-17(12-25-28)14-29-11-5-6-19(15-29)24-26-22-10-9-18(16-30(22)27-24)20-7-4-8-21(31-2)23(20)32-3/h4,7-10,12-13,16,19H,5-6,11,14-15H2,1-3H3. The summed E-state index contributed by atoms with van der Waals surface area (Å²) in [6.45, 7) is 2.97. The molecule has 32 heavy (non-hydrogen) atoms. The smallest absolute Gasteiger partial charge is 0.168 e. The van der Waals surface area contributed by atoms with Crippen LogP contribution >= 0.6 is 0 Å². The molecule has 1 fully saturated rings. The van der Waals surface area contributed by atoms with E-state index >= 15 is 0 Å². The monoisotopic (exact) mass is 432 g/mol. The molecule has 1 aliphatic heterocycles. The number of likely N-dealkylation sites (tertiary alicyclic amines) is 1. The summed E-state index contributed by atoms with van der Waals surface area (Å²) in [5.74, 6) is 2.67. The van der Waals surface area contributed by atoms with Crippen molar-refractivity contribution in [2.24, 2.45) is 7.05 Å². The molecule has 0 spiro atoms. The molecule has 1 saturated heterocycles. The van der Waals surface area contributed by atoms with E-state index in [-0.39, 0.29) is 0 Å². The van der Waals surface area contributed by atoms with E-state index in [4.69, 9.17) is 19.6 Å². The molecule has 1 unspecified atom stereocenters. The number of benzene rings is 1. The van der Waals surface area contributed by atoms with Gasteiger partial charge < -0.3 is 9.47 Å². The Morgan fingerprint density at radius 1 is 1.09 bits per heavy atom. The van der Waals surface area contributed by atoms with Gasteiger partial charge in [-0.1, -0.05) is 12.1 Å². The Morgan fingerprint density at radius 2 is 2.00 bits per heavy atom. The number of pyridine rings is 1. The number of fused-ring (bicyclic) bond motifs is 1. The normalized spacial score (nSPS) is 17.0. The maximum atomic E-state index is 5.61. The molecule has 8 nitrogen and oxygen atoms in total. The number of nitrogens with zero attached hydrogens (tertiary/aromatic N) is 6. The molecule has 0 amide bonds. The van der Waals surface area contributed by atoms with E-state index in [1.165, 1.54) is 5.56 Å². The minimum Gasteiger partial charge on any atom is -0.493 e. The Balaban J connectivity index is 1.39. The van der Waals surface area contributed by atoms with Crippen molar-refractivity contribution < 1.29 is 9.47 Å². The van der Waals surface area contributed by atoms with Crippen LogP contribution in [0.4, 0.5) is 0 Å². The van der Waals surface area contributed by atoms with E-state index in [0.717, 1.165) is 55.1 Å². The van der Waals surface area contributed by atoms with Crippen molar-refractivity contribution in [2.75, 3.05) is 27.3 Å². The summed E-state index contributed by atoms with van der Waals surface area (Å²) in [6, 6.07) is 9.96. The molecule has 1 aromatic carbocycles. The van der Waals surface area contributed by atoms with Crippen LogP contribution < -0.4 is 9.47 Å². The van der Waals surface area contributed by atoms with E-state index in [0.29, 0.717) is 17.4 Å². The lowest BCUT2D eigenvalue weighted by Gasteiger charge is -2.30. The molecule has 166 valence electrons. The van der Waals surface area contributed by atoms with Crippen molar-refractivity contribution in [1.82, 2.24) is 29.3 Å². The van der Waals surface area contributed by atoms with E-state index < -0.39 is 0 Å². The SMILES string of the molecule is COc1cccc(-c2ccc3nc(C4CCCN(Cc5cnn(C)c5)C4)nn3c2)c1OC. The number of ether oxygens (including phenoxy) is 2. The van der Waals surface area contributed by atoms with Crippen molar-refractivity contribution in [3.05, 3.63) is 60.3 Å². The molecule has 0 aliphatic carbocycles. The molecule has 5 rings (SSSR count). The molecule has 8 heteroatoms. The van der Waals surface area contributed by atoms with E-state index in [2.05, 4.69) is 22.3 Å². The van der Waals surface area contributed by atoms with Gasteiger partial charge in [0.05, 0.1) is 20.4 Å². The van der Waals surface area contributed by atoms with Crippen LogP contribution in [0.2, 0.25) is 0 Å². The first kappa shape index (κ1) is 20.5. The number of aromatic nitrogens is 5. The van der Waals surface area contributed by atoms with Crippen LogP contribution in [0.25, 0.3) is 16.8 Å². The fraction of sp³-hybridized carbons (Fsp3) is 0.375. The second-order valence-corrected chi connectivity index (χ2v) is 8.33. The summed E-state index contributed by atoms with van der Waals surface area (Å²) >= 11 is 0. The molecule has 0 radical (unpaired) electrons. The van der Waals surface area contributed by atoms with Crippen LogP contribution in [-0.4, -0.2) is 56.6 Å². The Labute approximate surface area is 187 Å². The van der Waals surface area contributed by atoms with Gasteiger partial charge in [-0.05, 0) is 37.6 Å². The molecule has 0 bridgehead atoms. The van der Waals surface area contributed by atoms with Gasteiger partial charge in [0.1, 0.15) is 0 Å². The second-order valence-electron chi connectivity index (χ2n) is 8.33. The van der Waals surface area contributed by atoms with Crippen LogP contribution in [0.15, 0.2) is 48.9 Å². The molecule has 1 atom stereocenters. The number of rotatable bonds is 6. The first-order valence-electron chi connectivity index (χ1n) is 10.9. The highest BCUT2D eigenvalue weighted by atomic mass is 16.5. The average Bonchev–Trinajstić information content (AvgIpc) is 3.43. The highest BCUT2D eigenvalue weighted by Gasteiger charge is 2.25. The fourth-order valence-corrected chi connectivity index (χ4v) is 4.57. The van der Waals surface area contributed by atoms with Crippen LogP contribution in [0.3, 0.4) is 0 Å². The summed E-state index contributed by atoms with van der Waals surface area (Å²) in [6.07, 6.45) is 8.30. The summed E-state index contributed by atoms with van der Waals surface area (Å²) < 4.78 is 14.8. The number of piperidine rings is 1. The number of methoxy groups -OCH3 is 2. The van der Waals surface area contributed by atoms with Gasteiger partial charge in [-0.25, -0.2) is 9.50 Å². The quantitative estimate of drug-likeness (QED) is 0.464. The molecule has 0 N–H and O–H groups in total. The van der Waals surface area contributed by atoms with Gasteiger partial charge in [-0.3, -0.25) is 9.58 Å². The van der Waals surface area contributed by atoms with E-state index in [9.17, 15) is 0 Å². The van der Waals surface area contributed by atoms with Gasteiger partial charge in [0.25, 0.3) is 0 Å². The Bertz CT molecular complexity index is 1230. The summed E-state index contributed by atoms with van der Waals surface area (Å²) in [4.78, 5) is 7.32. The van der Waals surface area contributed by atoms with Crippen molar-refractivity contribution in [3.8, 4) is 22.6 Å². The third kappa shape index (κ3) is 3.93. The van der Waals surface area contributed by atoms with Gasteiger partial charge in [-0.15, -0.1) is 0 Å². The lowest BCUT2D eigenvalue weighted by Crippen LogP contribution is -2.34. The van der Waals surface area contributed by atoms with Crippen LogP contribution in [0, 0.1) is 0 Å². The molecule has 4 aromatic rings. The minimum absolute atomic E-state index is 0.329. The zero-order chi connectivity index (χ0) is 22.1. The molecular weight excluding hydrogens is 404 g/mol. The average molecular weight is 433 g/mol. The molecular formula is C24H28N6O2. The highest BCUT2D eigenvalue weighted by Crippen LogP contribution is 2.37. The van der Waals surface area contributed by atoms with E-state index in [1.807, 2.05) is 52.9 Å². The summed E-state index contributed by atoms with van der Waals surface area (Å²) in [5.41, 5.74) is 4.07. The predicted octanol–water partition coefficient (Wildman–Crippen LogP) is 3.53. The van der Waals surface area contributed by atoms with Crippen LogP contribution in [0.5, 0.6) is 11.5 Å². The third-order valence-electron chi connectivity index (χ3n) is 6.10. The lowest BCUT2D eigenvalue weighted by atomic mass is 9.97.